The minimum Gasteiger partial charge on any atom is -0.312 e. The Hall–Kier alpha value is -1.41. The number of hydrogen-bond acceptors (Lipinski definition) is 2. The molecule has 1 heterocycles. The van der Waals surface area contributed by atoms with E-state index in [0.29, 0.717) is 5.41 Å². The molecule has 1 aliphatic rings. The van der Waals surface area contributed by atoms with Crippen molar-refractivity contribution < 1.29 is 0 Å². The van der Waals surface area contributed by atoms with Crippen molar-refractivity contribution in [3.05, 3.63) is 42.1 Å². The minimum absolute atomic E-state index is 0.554. The van der Waals surface area contributed by atoms with E-state index < -0.39 is 0 Å². The summed E-state index contributed by atoms with van der Waals surface area (Å²) >= 11 is 0. The van der Waals surface area contributed by atoms with E-state index >= 15 is 0 Å². The Kier molecular flexibility index (Phi) is 4.02. The third-order valence-electron chi connectivity index (χ3n) is 4.95. The molecule has 106 valence electrons. The highest BCUT2D eigenvalue weighted by atomic mass is 14.9. The van der Waals surface area contributed by atoms with Gasteiger partial charge in [-0.1, -0.05) is 44.0 Å². The van der Waals surface area contributed by atoms with Crippen LogP contribution in [0.25, 0.3) is 10.9 Å². The van der Waals surface area contributed by atoms with Crippen LogP contribution in [0.4, 0.5) is 0 Å². The molecule has 2 nitrogen and oxygen atoms in total. The first-order valence-corrected chi connectivity index (χ1v) is 7.86. The van der Waals surface area contributed by atoms with Crippen molar-refractivity contribution in [3.63, 3.8) is 0 Å². The maximum atomic E-state index is 4.53. The fourth-order valence-corrected chi connectivity index (χ4v) is 3.55. The van der Waals surface area contributed by atoms with Crippen molar-refractivity contribution in [1.29, 1.82) is 0 Å². The molecule has 2 heteroatoms. The summed E-state index contributed by atoms with van der Waals surface area (Å²) in [6, 6.07) is 10.6. The lowest BCUT2D eigenvalue weighted by atomic mass is 9.83. The number of rotatable bonds is 5. The van der Waals surface area contributed by atoms with Gasteiger partial charge in [-0.05, 0) is 36.3 Å². The van der Waals surface area contributed by atoms with Gasteiger partial charge in [-0.25, -0.2) is 0 Å². The molecule has 1 aromatic heterocycles. The van der Waals surface area contributed by atoms with E-state index in [-0.39, 0.29) is 0 Å². The van der Waals surface area contributed by atoms with Gasteiger partial charge in [-0.2, -0.15) is 0 Å². The third kappa shape index (κ3) is 2.71. The van der Waals surface area contributed by atoms with Crippen LogP contribution in [-0.2, 0) is 6.54 Å². The fourth-order valence-electron chi connectivity index (χ4n) is 3.55. The summed E-state index contributed by atoms with van der Waals surface area (Å²) in [5.41, 5.74) is 3.00. The molecule has 2 aromatic rings. The van der Waals surface area contributed by atoms with Crippen LogP contribution in [-0.4, -0.2) is 11.5 Å². The van der Waals surface area contributed by atoms with E-state index in [4.69, 9.17) is 0 Å². The summed E-state index contributed by atoms with van der Waals surface area (Å²) < 4.78 is 0. The van der Waals surface area contributed by atoms with Crippen LogP contribution in [0, 0.1) is 5.41 Å². The molecule has 3 rings (SSSR count). The maximum Gasteiger partial charge on any atom is 0.0746 e. The molecule has 1 aliphatic carbocycles. The lowest BCUT2D eigenvalue weighted by molar-refractivity contribution is 0.268. The van der Waals surface area contributed by atoms with Gasteiger partial charge in [0, 0.05) is 24.7 Å². The molecule has 20 heavy (non-hydrogen) atoms. The molecule has 1 fully saturated rings. The Morgan fingerprint density at radius 2 is 1.95 bits per heavy atom. The van der Waals surface area contributed by atoms with Crippen LogP contribution in [0.1, 0.15) is 44.6 Å². The van der Waals surface area contributed by atoms with Crippen molar-refractivity contribution in [2.45, 2.75) is 45.6 Å². The van der Waals surface area contributed by atoms with E-state index in [1.807, 2.05) is 12.3 Å². The highest BCUT2D eigenvalue weighted by Gasteiger charge is 2.31. The van der Waals surface area contributed by atoms with Crippen LogP contribution in [0.3, 0.4) is 0 Å². The summed E-state index contributed by atoms with van der Waals surface area (Å²) in [5, 5.41) is 4.92. The Balaban J connectivity index is 1.68. The van der Waals surface area contributed by atoms with E-state index in [1.165, 1.54) is 43.1 Å². The predicted octanol–water partition coefficient (Wildman–Crippen LogP) is 4.29. The highest BCUT2D eigenvalue weighted by Crippen LogP contribution is 2.40. The van der Waals surface area contributed by atoms with Gasteiger partial charge in [0.05, 0.1) is 5.52 Å². The smallest absolute Gasteiger partial charge is 0.0746 e. The summed E-state index contributed by atoms with van der Waals surface area (Å²) in [6.45, 7) is 4.41. The lowest BCUT2D eigenvalue weighted by Crippen LogP contribution is -2.31. The second kappa shape index (κ2) is 5.92. The van der Waals surface area contributed by atoms with Crippen LogP contribution < -0.4 is 5.32 Å². The zero-order chi connectivity index (χ0) is 13.8. The second-order valence-electron chi connectivity index (χ2n) is 6.16. The zero-order valence-corrected chi connectivity index (χ0v) is 12.4. The fraction of sp³-hybridized carbons (Fsp3) is 0.500. The molecule has 1 saturated carbocycles. The van der Waals surface area contributed by atoms with Crippen LogP contribution in [0.2, 0.25) is 0 Å². The standard InChI is InChI=1S/C18H24N2/c1-2-18(10-3-4-11-18)14-19-13-16-8-5-7-15-9-6-12-20-17(15)16/h5-9,12,19H,2-4,10-11,13-14H2,1H3. The molecule has 1 aromatic carbocycles. The monoisotopic (exact) mass is 268 g/mol. The number of nitrogens with zero attached hydrogens (tertiary/aromatic N) is 1. The van der Waals surface area contributed by atoms with Gasteiger partial charge in [0.15, 0.2) is 0 Å². The van der Waals surface area contributed by atoms with Gasteiger partial charge in [0.25, 0.3) is 0 Å². The van der Waals surface area contributed by atoms with Gasteiger partial charge in [0.2, 0.25) is 0 Å². The normalized spacial score (nSPS) is 17.6. The Bertz CT molecular complexity index is 565. The summed E-state index contributed by atoms with van der Waals surface area (Å²) in [5.74, 6) is 0. The van der Waals surface area contributed by atoms with Gasteiger partial charge in [0.1, 0.15) is 0 Å². The van der Waals surface area contributed by atoms with Gasteiger partial charge in [-0.3, -0.25) is 4.98 Å². The van der Waals surface area contributed by atoms with Crippen molar-refractivity contribution in [1.82, 2.24) is 10.3 Å². The Morgan fingerprint density at radius 1 is 1.15 bits per heavy atom. The van der Waals surface area contributed by atoms with Crippen molar-refractivity contribution in [2.24, 2.45) is 5.41 Å². The van der Waals surface area contributed by atoms with Crippen molar-refractivity contribution in [2.75, 3.05) is 6.54 Å². The Labute approximate surface area is 121 Å². The second-order valence-corrected chi connectivity index (χ2v) is 6.16. The summed E-state index contributed by atoms with van der Waals surface area (Å²) in [7, 11) is 0. The number of para-hydroxylation sites is 1. The SMILES string of the molecule is CCC1(CNCc2cccc3cccnc23)CCCC1. The number of fused-ring (bicyclic) bond motifs is 1. The van der Waals surface area contributed by atoms with Crippen LogP contribution in [0.15, 0.2) is 36.5 Å². The maximum absolute atomic E-state index is 4.53. The largest absolute Gasteiger partial charge is 0.312 e. The van der Waals surface area contributed by atoms with Crippen molar-refractivity contribution in [3.8, 4) is 0 Å². The van der Waals surface area contributed by atoms with Gasteiger partial charge in [-0.15, -0.1) is 0 Å². The minimum atomic E-state index is 0.554. The number of pyridine rings is 1. The Morgan fingerprint density at radius 3 is 2.75 bits per heavy atom. The van der Waals surface area contributed by atoms with E-state index in [0.717, 1.165) is 18.6 Å². The number of benzene rings is 1. The molecule has 0 bridgehead atoms. The molecular weight excluding hydrogens is 244 g/mol. The predicted molar refractivity (Wildman–Crippen MR) is 84.6 cm³/mol. The number of hydrogen-bond donors (Lipinski definition) is 1. The van der Waals surface area contributed by atoms with E-state index in [9.17, 15) is 0 Å². The average molecular weight is 268 g/mol. The lowest BCUT2D eigenvalue weighted by Gasteiger charge is -2.27. The van der Waals surface area contributed by atoms with Crippen LogP contribution in [0.5, 0.6) is 0 Å². The third-order valence-corrected chi connectivity index (χ3v) is 4.95. The molecule has 0 amide bonds. The topological polar surface area (TPSA) is 24.9 Å². The molecule has 0 unspecified atom stereocenters. The first kappa shape index (κ1) is 13.6. The van der Waals surface area contributed by atoms with Gasteiger partial charge >= 0.3 is 0 Å². The molecule has 0 radical (unpaired) electrons. The molecule has 0 aliphatic heterocycles. The van der Waals surface area contributed by atoms with Crippen LogP contribution >= 0.6 is 0 Å². The first-order valence-electron chi connectivity index (χ1n) is 7.86. The molecule has 1 N–H and O–H groups in total. The quantitative estimate of drug-likeness (QED) is 0.874. The van der Waals surface area contributed by atoms with Gasteiger partial charge < -0.3 is 5.32 Å². The molecule has 0 atom stereocenters. The molecule has 0 saturated heterocycles. The summed E-state index contributed by atoms with van der Waals surface area (Å²) in [4.78, 5) is 4.53. The number of nitrogens with one attached hydrogen (secondary N) is 1. The van der Waals surface area contributed by atoms with E-state index in [2.05, 4.69) is 41.5 Å². The van der Waals surface area contributed by atoms with E-state index in [1.54, 1.807) is 0 Å². The average Bonchev–Trinajstić information content (AvgIpc) is 2.97. The highest BCUT2D eigenvalue weighted by molar-refractivity contribution is 5.81. The summed E-state index contributed by atoms with van der Waals surface area (Å²) in [6.07, 6.45) is 8.79. The molecule has 0 spiro atoms. The molecular formula is C18H24N2. The van der Waals surface area contributed by atoms with Crippen molar-refractivity contribution >= 4 is 10.9 Å². The zero-order valence-electron chi connectivity index (χ0n) is 12.4. The number of aromatic nitrogens is 1. The first-order chi connectivity index (χ1) is 9.83.